The van der Waals surface area contributed by atoms with Crippen molar-refractivity contribution < 1.29 is 14.0 Å². The number of nitrogens with zero attached hydrogens (tertiary/aromatic N) is 2. The van der Waals surface area contributed by atoms with E-state index in [-0.39, 0.29) is 0 Å². The Morgan fingerprint density at radius 3 is 2.75 bits per heavy atom. The summed E-state index contributed by atoms with van der Waals surface area (Å²) in [7, 11) is 0. The van der Waals surface area contributed by atoms with Crippen molar-refractivity contribution in [1.82, 2.24) is 20.8 Å². The number of rotatable bonds is 6. The van der Waals surface area contributed by atoms with E-state index in [0.717, 1.165) is 30.2 Å². The van der Waals surface area contributed by atoms with Gasteiger partial charge in [0.05, 0.1) is 5.25 Å². The third kappa shape index (κ3) is 4.58. The highest BCUT2D eigenvalue weighted by Gasteiger charge is 2.30. The van der Waals surface area contributed by atoms with Crippen LogP contribution in [0.3, 0.4) is 0 Å². The fourth-order valence-corrected chi connectivity index (χ4v) is 2.69. The largest absolute Gasteiger partial charge is 0.416 e. The topological polar surface area (TPSA) is 97.1 Å². The Kier molecular flexibility index (Phi) is 5.14. The molecule has 24 heavy (non-hydrogen) atoms. The van der Waals surface area contributed by atoms with Crippen LogP contribution in [-0.2, 0) is 11.3 Å². The van der Waals surface area contributed by atoms with E-state index in [0.29, 0.717) is 23.6 Å². The zero-order chi connectivity index (χ0) is 16.9. The Morgan fingerprint density at radius 2 is 2.04 bits per heavy atom. The number of hydrogen-bond donors (Lipinski definition) is 2. The number of imide groups is 1. The van der Waals surface area contributed by atoms with Gasteiger partial charge in [-0.15, -0.1) is 10.2 Å². The summed E-state index contributed by atoms with van der Waals surface area (Å²) in [5, 5.41) is 12.7. The van der Waals surface area contributed by atoms with E-state index in [2.05, 4.69) is 20.8 Å². The van der Waals surface area contributed by atoms with Crippen molar-refractivity contribution in [3.8, 4) is 0 Å². The van der Waals surface area contributed by atoms with Gasteiger partial charge in [0.1, 0.15) is 0 Å². The second-order valence-electron chi connectivity index (χ2n) is 5.60. The second-order valence-corrected chi connectivity index (χ2v) is 6.89. The second kappa shape index (κ2) is 7.48. The van der Waals surface area contributed by atoms with Crippen molar-refractivity contribution in [3.05, 3.63) is 41.8 Å². The molecule has 8 heteroatoms. The molecule has 1 saturated carbocycles. The van der Waals surface area contributed by atoms with Crippen molar-refractivity contribution in [1.29, 1.82) is 0 Å². The van der Waals surface area contributed by atoms with Crippen molar-refractivity contribution >= 4 is 23.7 Å². The molecule has 3 rings (SSSR count). The van der Waals surface area contributed by atoms with Crippen LogP contribution in [-0.4, -0.2) is 27.4 Å². The highest BCUT2D eigenvalue weighted by atomic mass is 32.2. The molecule has 0 spiro atoms. The van der Waals surface area contributed by atoms with Gasteiger partial charge < -0.3 is 9.73 Å². The van der Waals surface area contributed by atoms with Crippen LogP contribution in [0, 0.1) is 0 Å². The number of nitrogens with one attached hydrogen (secondary N) is 2. The Balaban J connectivity index is 1.43. The molecule has 1 heterocycles. The molecular formula is C16H18N4O3S. The third-order valence-electron chi connectivity index (χ3n) is 3.53. The molecular weight excluding hydrogens is 328 g/mol. The normalized spacial score (nSPS) is 14.9. The highest BCUT2D eigenvalue weighted by Crippen LogP contribution is 2.40. The van der Waals surface area contributed by atoms with E-state index in [1.54, 1.807) is 6.92 Å². The minimum Gasteiger partial charge on any atom is -0.416 e. The van der Waals surface area contributed by atoms with Gasteiger partial charge in [0, 0.05) is 12.5 Å². The number of urea groups is 1. The highest BCUT2D eigenvalue weighted by molar-refractivity contribution is 8.00. The number of benzene rings is 1. The smallest absolute Gasteiger partial charge is 0.321 e. The number of carbonyl (C=O) groups excluding carboxylic acids is 2. The van der Waals surface area contributed by atoms with Crippen LogP contribution >= 0.6 is 11.8 Å². The van der Waals surface area contributed by atoms with Crippen molar-refractivity contribution in [2.45, 2.75) is 42.7 Å². The molecule has 7 nitrogen and oxygen atoms in total. The van der Waals surface area contributed by atoms with E-state index >= 15 is 0 Å². The van der Waals surface area contributed by atoms with E-state index in [4.69, 9.17) is 4.42 Å². The predicted octanol–water partition coefficient (Wildman–Crippen LogP) is 2.45. The number of amides is 3. The minimum absolute atomic E-state index is 0.351. The molecule has 3 amide bonds. The first-order chi connectivity index (χ1) is 11.6. The van der Waals surface area contributed by atoms with Gasteiger partial charge in [-0.05, 0) is 25.3 Å². The summed E-state index contributed by atoms with van der Waals surface area (Å²) >= 11 is 1.14. The Labute approximate surface area is 143 Å². The maximum atomic E-state index is 12.0. The van der Waals surface area contributed by atoms with Gasteiger partial charge in [0.2, 0.25) is 11.8 Å². The maximum absolute atomic E-state index is 12.0. The van der Waals surface area contributed by atoms with Crippen LogP contribution in [0.4, 0.5) is 4.79 Å². The van der Waals surface area contributed by atoms with Gasteiger partial charge >= 0.3 is 6.03 Å². The van der Waals surface area contributed by atoms with Gasteiger partial charge in [0.25, 0.3) is 5.22 Å². The zero-order valence-electron chi connectivity index (χ0n) is 13.2. The zero-order valence-corrected chi connectivity index (χ0v) is 14.0. The van der Waals surface area contributed by atoms with Gasteiger partial charge in [-0.2, -0.15) is 0 Å². The Hall–Kier alpha value is -2.35. The van der Waals surface area contributed by atoms with Crippen molar-refractivity contribution in [2.75, 3.05) is 0 Å². The first-order valence-corrected chi connectivity index (χ1v) is 8.62. The molecule has 2 aromatic rings. The van der Waals surface area contributed by atoms with Crippen LogP contribution < -0.4 is 10.6 Å². The van der Waals surface area contributed by atoms with Gasteiger partial charge in [0.15, 0.2) is 0 Å². The summed E-state index contributed by atoms with van der Waals surface area (Å²) in [5.41, 5.74) is 0.959. The Bertz CT molecular complexity index is 715. The molecule has 2 N–H and O–H groups in total. The average Bonchev–Trinajstić information content (AvgIpc) is 3.34. The SMILES string of the molecule is C[C@H](Sc1nnc(C2CC2)o1)C(=O)NC(=O)NCc1ccccc1. The molecule has 0 radical (unpaired) electrons. The summed E-state index contributed by atoms with van der Waals surface area (Å²) in [6, 6.07) is 8.94. The average molecular weight is 346 g/mol. The fourth-order valence-electron chi connectivity index (χ4n) is 2.00. The van der Waals surface area contributed by atoms with E-state index in [9.17, 15) is 9.59 Å². The molecule has 1 atom stereocenters. The molecule has 126 valence electrons. The molecule has 1 aliphatic rings. The van der Waals surface area contributed by atoms with Crippen molar-refractivity contribution in [2.24, 2.45) is 0 Å². The molecule has 0 bridgehead atoms. The fraction of sp³-hybridized carbons (Fsp3) is 0.375. The lowest BCUT2D eigenvalue weighted by Crippen LogP contribution is -2.42. The Morgan fingerprint density at radius 1 is 1.29 bits per heavy atom. The van der Waals surface area contributed by atoms with Crippen LogP contribution in [0.25, 0.3) is 0 Å². The summed E-state index contributed by atoms with van der Waals surface area (Å²) in [6.07, 6.45) is 2.15. The monoisotopic (exact) mass is 346 g/mol. The number of carbonyl (C=O) groups is 2. The lowest BCUT2D eigenvalue weighted by Gasteiger charge is -2.10. The summed E-state index contributed by atoms with van der Waals surface area (Å²) < 4.78 is 5.50. The predicted molar refractivity (Wildman–Crippen MR) is 88.4 cm³/mol. The number of aromatic nitrogens is 2. The third-order valence-corrected chi connectivity index (χ3v) is 4.46. The molecule has 1 aromatic carbocycles. The van der Waals surface area contributed by atoms with Gasteiger partial charge in [-0.3, -0.25) is 10.1 Å². The lowest BCUT2D eigenvalue weighted by molar-refractivity contribution is -0.119. The number of thioether (sulfide) groups is 1. The molecule has 1 aliphatic carbocycles. The quantitative estimate of drug-likeness (QED) is 0.780. The molecule has 1 fully saturated rings. The van der Waals surface area contributed by atoms with Crippen LogP contribution in [0.15, 0.2) is 40.0 Å². The molecule has 1 aromatic heterocycles. The van der Waals surface area contributed by atoms with Gasteiger partial charge in [-0.1, -0.05) is 42.1 Å². The van der Waals surface area contributed by atoms with Crippen molar-refractivity contribution in [3.63, 3.8) is 0 Å². The molecule has 0 unspecified atom stereocenters. The maximum Gasteiger partial charge on any atom is 0.321 e. The van der Waals surface area contributed by atoms with Crippen LogP contribution in [0.5, 0.6) is 0 Å². The summed E-state index contributed by atoms with van der Waals surface area (Å²) in [5.74, 6) is 0.599. The van der Waals surface area contributed by atoms with Crippen LogP contribution in [0.2, 0.25) is 0 Å². The number of hydrogen-bond acceptors (Lipinski definition) is 6. The van der Waals surface area contributed by atoms with Gasteiger partial charge in [-0.25, -0.2) is 4.79 Å². The van der Waals surface area contributed by atoms with E-state index < -0.39 is 17.2 Å². The standard InChI is InChI=1S/C16H18N4O3S/c1-10(24-16-20-19-14(23-16)12-7-8-12)13(21)18-15(22)17-9-11-5-3-2-4-6-11/h2-6,10,12H,7-9H2,1H3,(H2,17,18,21,22)/t10-/m0/s1. The summed E-state index contributed by atoms with van der Waals surface area (Å²) in [6.45, 7) is 2.04. The van der Waals surface area contributed by atoms with Crippen LogP contribution in [0.1, 0.15) is 37.1 Å². The summed E-state index contributed by atoms with van der Waals surface area (Å²) in [4.78, 5) is 23.8. The van der Waals surface area contributed by atoms with E-state index in [1.165, 1.54) is 0 Å². The first kappa shape index (κ1) is 16.5. The first-order valence-electron chi connectivity index (χ1n) is 7.74. The molecule has 0 saturated heterocycles. The lowest BCUT2D eigenvalue weighted by atomic mass is 10.2. The molecule has 0 aliphatic heterocycles. The minimum atomic E-state index is -0.527. The van der Waals surface area contributed by atoms with E-state index in [1.807, 2.05) is 30.3 Å².